The summed E-state index contributed by atoms with van der Waals surface area (Å²) in [5.41, 5.74) is 3.24. The maximum atomic E-state index is 12.7. The Morgan fingerprint density at radius 2 is 1.68 bits per heavy atom. The van der Waals surface area contributed by atoms with Gasteiger partial charge in [-0.15, -0.1) is 10.2 Å². The van der Waals surface area contributed by atoms with Crippen LogP contribution >= 0.6 is 0 Å². The van der Waals surface area contributed by atoms with Crippen molar-refractivity contribution in [3.8, 4) is 0 Å². The van der Waals surface area contributed by atoms with Gasteiger partial charge in [-0.2, -0.15) is 0 Å². The number of hydrogen-bond donors (Lipinski definition) is 2. The van der Waals surface area contributed by atoms with Crippen LogP contribution in [0.15, 0.2) is 59.6 Å². The minimum absolute atomic E-state index is 0.182. The first-order chi connectivity index (χ1) is 13.6. The quantitative estimate of drug-likeness (QED) is 0.665. The van der Waals surface area contributed by atoms with Crippen LogP contribution in [0.25, 0.3) is 0 Å². The molecule has 1 aromatic carbocycles. The number of sulfonamides is 1. The Hall–Kier alpha value is -3.00. The minimum Gasteiger partial charge on any atom is -0.363 e. The van der Waals surface area contributed by atoms with E-state index in [4.69, 9.17) is 0 Å². The van der Waals surface area contributed by atoms with Crippen LogP contribution < -0.4 is 10.0 Å². The summed E-state index contributed by atoms with van der Waals surface area (Å²) in [5.74, 6) is 0.725. The van der Waals surface area contributed by atoms with E-state index in [0.717, 1.165) is 36.9 Å². The average molecular weight is 395 g/mol. The largest absolute Gasteiger partial charge is 0.363 e. The lowest BCUT2D eigenvalue weighted by Crippen LogP contribution is -2.16. The van der Waals surface area contributed by atoms with Crippen LogP contribution in [0.5, 0.6) is 0 Å². The number of hydrogen-bond acceptors (Lipinski definition) is 6. The molecule has 0 aliphatic heterocycles. The highest BCUT2D eigenvalue weighted by Gasteiger charge is 2.18. The van der Waals surface area contributed by atoms with Crippen LogP contribution in [0.3, 0.4) is 0 Å². The number of fused-ring (bicyclic) bond motifs is 1. The number of aryl methyl sites for hydroxylation is 2. The first kappa shape index (κ1) is 18.4. The first-order valence-electron chi connectivity index (χ1n) is 9.22. The van der Waals surface area contributed by atoms with Crippen molar-refractivity contribution >= 4 is 21.7 Å². The molecule has 0 unspecified atom stereocenters. The summed E-state index contributed by atoms with van der Waals surface area (Å²) in [7, 11) is -3.70. The molecule has 7 nitrogen and oxygen atoms in total. The van der Waals surface area contributed by atoms with Crippen LogP contribution in [-0.4, -0.2) is 23.6 Å². The topological polar surface area (TPSA) is 96.9 Å². The van der Waals surface area contributed by atoms with E-state index in [1.54, 1.807) is 30.5 Å². The molecule has 2 aromatic heterocycles. The predicted molar refractivity (Wildman–Crippen MR) is 107 cm³/mol. The van der Waals surface area contributed by atoms with Gasteiger partial charge < -0.3 is 5.32 Å². The van der Waals surface area contributed by atoms with Crippen LogP contribution in [0.1, 0.15) is 29.7 Å². The van der Waals surface area contributed by atoms with Crippen LogP contribution in [0.4, 0.5) is 11.6 Å². The number of benzene rings is 1. The maximum absolute atomic E-state index is 12.7. The second kappa shape index (κ2) is 7.93. The van der Waals surface area contributed by atoms with Crippen molar-refractivity contribution in [1.29, 1.82) is 0 Å². The van der Waals surface area contributed by atoms with Gasteiger partial charge in [-0.3, -0.25) is 9.71 Å². The van der Waals surface area contributed by atoms with E-state index in [2.05, 4.69) is 25.2 Å². The number of anilines is 2. The van der Waals surface area contributed by atoms with Gasteiger partial charge in [0.25, 0.3) is 10.0 Å². The Labute approximate surface area is 164 Å². The van der Waals surface area contributed by atoms with Gasteiger partial charge in [0.1, 0.15) is 5.82 Å². The molecule has 0 atom stereocenters. The van der Waals surface area contributed by atoms with E-state index in [9.17, 15) is 8.42 Å². The minimum atomic E-state index is -3.70. The highest BCUT2D eigenvalue weighted by Crippen LogP contribution is 2.25. The van der Waals surface area contributed by atoms with E-state index >= 15 is 0 Å². The van der Waals surface area contributed by atoms with E-state index in [1.165, 1.54) is 5.56 Å². The molecule has 0 radical (unpaired) electrons. The molecule has 8 heteroatoms. The third kappa shape index (κ3) is 4.28. The summed E-state index contributed by atoms with van der Waals surface area (Å²) in [6.45, 7) is 0.510. The van der Waals surface area contributed by atoms with Crippen LogP contribution in [0.2, 0.25) is 0 Å². The summed E-state index contributed by atoms with van der Waals surface area (Å²) in [6.07, 6.45) is 5.92. The van der Waals surface area contributed by atoms with Crippen molar-refractivity contribution in [1.82, 2.24) is 15.2 Å². The predicted octanol–water partition coefficient (Wildman–Crippen LogP) is 3.16. The zero-order chi connectivity index (χ0) is 19.4. The molecule has 144 valence electrons. The zero-order valence-electron chi connectivity index (χ0n) is 15.3. The molecule has 28 heavy (non-hydrogen) atoms. The number of rotatable bonds is 6. The number of nitrogens with zero attached hydrogens (tertiary/aromatic N) is 3. The molecule has 1 aliphatic rings. The van der Waals surface area contributed by atoms with Gasteiger partial charge in [0.15, 0.2) is 5.82 Å². The van der Waals surface area contributed by atoms with Crippen molar-refractivity contribution in [2.24, 2.45) is 0 Å². The Morgan fingerprint density at radius 3 is 2.43 bits per heavy atom. The summed E-state index contributed by atoms with van der Waals surface area (Å²) < 4.78 is 27.9. The molecule has 2 heterocycles. The molecule has 0 fully saturated rings. The maximum Gasteiger partial charge on any atom is 0.263 e. The molecule has 0 saturated carbocycles. The van der Waals surface area contributed by atoms with Gasteiger partial charge in [-0.1, -0.05) is 12.1 Å². The van der Waals surface area contributed by atoms with Gasteiger partial charge in [-0.25, -0.2) is 8.42 Å². The molecule has 3 aromatic rings. The fourth-order valence-corrected chi connectivity index (χ4v) is 4.29. The lowest BCUT2D eigenvalue weighted by atomic mass is 9.92. The standard InChI is InChI=1S/C20H21N5O2S/c26-28(27,18-9-8-15-5-1-2-6-16(15)13-18)25-20-11-10-19(23-24-20)22-14-17-7-3-4-12-21-17/h3-4,7-13H,1-2,5-6,14H2,(H,22,23)(H,24,25). The van der Waals surface area contributed by atoms with E-state index < -0.39 is 10.0 Å². The summed E-state index contributed by atoms with van der Waals surface area (Å²) in [5, 5.41) is 11.1. The summed E-state index contributed by atoms with van der Waals surface area (Å²) >= 11 is 0. The summed E-state index contributed by atoms with van der Waals surface area (Å²) in [6, 6.07) is 14.3. The fourth-order valence-electron chi connectivity index (χ4n) is 3.24. The monoisotopic (exact) mass is 395 g/mol. The second-order valence-electron chi connectivity index (χ2n) is 6.72. The Morgan fingerprint density at radius 1 is 0.893 bits per heavy atom. The van der Waals surface area contributed by atoms with Gasteiger partial charge in [0.05, 0.1) is 17.1 Å². The number of pyridine rings is 1. The fraction of sp³-hybridized carbons (Fsp3) is 0.250. The Bertz CT molecular complexity index is 1050. The molecule has 1 aliphatic carbocycles. The number of nitrogens with one attached hydrogen (secondary N) is 2. The van der Waals surface area contributed by atoms with Crippen molar-refractivity contribution in [3.63, 3.8) is 0 Å². The van der Waals surface area contributed by atoms with Crippen molar-refractivity contribution in [2.45, 2.75) is 37.1 Å². The highest BCUT2D eigenvalue weighted by atomic mass is 32.2. The van der Waals surface area contributed by atoms with E-state index in [1.807, 2.05) is 24.3 Å². The molecular formula is C20H21N5O2S. The second-order valence-corrected chi connectivity index (χ2v) is 8.40. The normalized spacial score (nSPS) is 13.6. The van der Waals surface area contributed by atoms with Crippen molar-refractivity contribution < 1.29 is 8.42 Å². The summed E-state index contributed by atoms with van der Waals surface area (Å²) in [4.78, 5) is 4.48. The molecule has 0 bridgehead atoms. The zero-order valence-corrected chi connectivity index (χ0v) is 16.1. The van der Waals surface area contributed by atoms with E-state index in [-0.39, 0.29) is 10.7 Å². The number of aromatic nitrogens is 3. The first-order valence-corrected chi connectivity index (χ1v) is 10.7. The van der Waals surface area contributed by atoms with Gasteiger partial charge in [-0.05, 0) is 73.2 Å². The van der Waals surface area contributed by atoms with Crippen LogP contribution in [-0.2, 0) is 29.4 Å². The molecule has 0 spiro atoms. The SMILES string of the molecule is O=S(=O)(Nc1ccc(NCc2ccccn2)nn1)c1ccc2c(c1)CCCC2. The molecule has 0 saturated heterocycles. The highest BCUT2D eigenvalue weighted by molar-refractivity contribution is 7.92. The van der Waals surface area contributed by atoms with Crippen LogP contribution in [0, 0.1) is 0 Å². The third-order valence-electron chi connectivity index (χ3n) is 4.71. The molecule has 2 N–H and O–H groups in total. The van der Waals surface area contributed by atoms with Crippen molar-refractivity contribution in [3.05, 3.63) is 71.5 Å². The molecular weight excluding hydrogens is 374 g/mol. The Kier molecular flexibility index (Phi) is 5.21. The molecule has 0 amide bonds. The Balaban J connectivity index is 1.43. The van der Waals surface area contributed by atoms with E-state index in [0.29, 0.717) is 12.4 Å². The van der Waals surface area contributed by atoms with Crippen molar-refractivity contribution in [2.75, 3.05) is 10.0 Å². The van der Waals surface area contributed by atoms with Gasteiger partial charge in [0.2, 0.25) is 0 Å². The lowest BCUT2D eigenvalue weighted by molar-refractivity contribution is 0.600. The average Bonchev–Trinajstić information content (AvgIpc) is 2.73. The lowest BCUT2D eigenvalue weighted by Gasteiger charge is -2.16. The van der Waals surface area contributed by atoms with Gasteiger partial charge >= 0.3 is 0 Å². The van der Waals surface area contributed by atoms with Gasteiger partial charge in [0, 0.05) is 6.20 Å². The smallest absolute Gasteiger partial charge is 0.263 e. The third-order valence-corrected chi connectivity index (χ3v) is 6.06. The molecule has 4 rings (SSSR count).